The summed E-state index contributed by atoms with van der Waals surface area (Å²) in [5.74, 6) is -0.756. The van der Waals surface area contributed by atoms with Gasteiger partial charge < -0.3 is 5.11 Å². The molecular formula is C11H19N3O3. The Kier molecular flexibility index (Phi) is 5.09. The van der Waals surface area contributed by atoms with Gasteiger partial charge in [-0.05, 0) is 33.7 Å². The molecule has 1 aromatic heterocycles. The second-order valence-corrected chi connectivity index (χ2v) is 4.36. The van der Waals surface area contributed by atoms with E-state index in [2.05, 4.69) is 33.7 Å². The van der Waals surface area contributed by atoms with Crippen LogP contribution >= 0.6 is 0 Å². The third kappa shape index (κ3) is 4.52. The summed E-state index contributed by atoms with van der Waals surface area (Å²) in [6, 6.07) is 0.333. The maximum atomic E-state index is 10.5. The van der Waals surface area contributed by atoms with Crippen molar-refractivity contribution in [3.8, 4) is 0 Å². The molecule has 0 saturated heterocycles. The van der Waals surface area contributed by atoms with E-state index in [-0.39, 0.29) is 6.42 Å². The van der Waals surface area contributed by atoms with E-state index >= 15 is 0 Å². The molecule has 0 spiro atoms. The van der Waals surface area contributed by atoms with Crippen molar-refractivity contribution in [3.05, 3.63) is 11.4 Å². The van der Waals surface area contributed by atoms with Gasteiger partial charge in [0.05, 0.1) is 0 Å². The van der Waals surface area contributed by atoms with Crippen molar-refractivity contribution in [3.63, 3.8) is 0 Å². The van der Waals surface area contributed by atoms with Gasteiger partial charge in [-0.15, -0.1) is 0 Å². The molecular weight excluding hydrogens is 222 g/mol. The summed E-state index contributed by atoms with van der Waals surface area (Å²) in [5.41, 5.74) is 1.60. The van der Waals surface area contributed by atoms with Crippen LogP contribution in [0.3, 0.4) is 0 Å². The number of hydrogen-bond donors (Lipinski definition) is 1. The Morgan fingerprint density at radius 3 is 2.65 bits per heavy atom. The third-order valence-corrected chi connectivity index (χ3v) is 2.67. The van der Waals surface area contributed by atoms with Crippen LogP contribution in [0.1, 0.15) is 38.1 Å². The lowest BCUT2D eigenvalue weighted by Crippen LogP contribution is -2.32. The molecule has 0 fully saturated rings. The average molecular weight is 241 g/mol. The van der Waals surface area contributed by atoms with Crippen LogP contribution in [0.15, 0.2) is 4.63 Å². The number of carboxylic acid groups (broad SMARTS) is 1. The van der Waals surface area contributed by atoms with Crippen molar-refractivity contribution < 1.29 is 14.5 Å². The Morgan fingerprint density at radius 2 is 2.18 bits per heavy atom. The summed E-state index contributed by atoms with van der Waals surface area (Å²) >= 11 is 0. The van der Waals surface area contributed by atoms with Gasteiger partial charge in [-0.3, -0.25) is 9.69 Å². The second-order valence-electron chi connectivity index (χ2n) is 4.36. The number of hydrogen-bond acceptors (Lipinski definition) is 5. The van der Waals surface area contributed by atoms with E-state index in [0.717, 1.165) is 17.9 Å². The first-order chi connectivity index (χ1) is 8.00. The van der Waals surface area contributed by atoms with E-state index in [4.69, 9.17) is 5.11 Å². The maximum Gasteiger partial charge on any atom is 0.303 e. The third-order valence-electron chi connectivity index (χ3n) is 2.67. The molecule has 1 N–H and O–H groups in total. The molecule has 17 heavy (non-hydrogen) atoms. The molecule has 0 amide bonds. The number of aryl methyl sites for hydroxylation is 1. The minimum atomic E-state index is -0.756. The molecule has 6 nitrogen and oxygen atoms in total. The summed E-state index contributed by atoms with van der Waals surface area (Å²) < 4.78 is 4.65. The lowest BCUT2D eigenvalue weighted by molar-refractivity contribution is -0.137. The van der Waals surface area contributed by atoms with Crippen LogP contribution in [0.4, 0.5) is 0 Å². The molecule has 0 bridgehead atoms. The van der Waals surface area contributed by atoms with Crippen LogP contribution in [-0.4, -0.2) is 38.9 Å². The minimum absolute atomic E-state index is 0.194. The molecule has 0 aliphatic rings. The monoisotopic (exact) mass is 241 g/mol. The number of nitrogens with zero attached hydrogens (tertiary/aromatic N) is 3. The van der Waals surface area contributed by atoms with Crippen LogP contribution in [0.25, 0.3) is 0 Å². The fourth-order valence-electron chi connectivity index (χ4n) is 1.54. The predicted octanol–water partition coefficient (Wildman–Crippen LogP) is 1.45. The van der Waals surface area contributed by atoms with Gasteiger partial charge in [0.15, 0.2) is 0 Å². The van der Waals surface area contributed by atoms with Crippen LogP contribution < -0.4 is 0 Å². The van der Waals surface area contributed by atoms with Gasteiger partial charge in [-0.2, -0.15) is 0 Å². The number of rotatable bonds is 7. The van der Waals surface area contributed by atoms with Crippen LogP contribution in [0, 0.1) is 6.92 Å². The average Bonchev–Trinajstić information content (AvgIpc) is 2.62. The van der Waals surface area contributed by atoms with E-state index in [1.807, 2.05) is 6.92 Å². The molecule has 0 aliphatic carbocycles. The predicted molar refractivity (Wildman–Crippen MR) is 61.5 cm³/mol. The first kappa shape index (κ1) is 13.6. The SMILES string of the molecule is Cc1nonc1CN(CCCC(=O)O)C(C)C. The van der Waals surface area contributed by atoms with Crippen LogP contribution in [-0.2, 0) is 11.3 Å². The van der Waals surface area contributed by atoms with Gasteiger partial charge in [0.25, 0.3) is 0 Å². The zero-order valence-corrected chi connectivity index (χ0v) is 10.5. The number of aliphatic carboxylic acids is 1. The number of carbonyl (C=O) groups is 1. The highest BCUT2D eigenvalue weighted by Gasteiger charge is 2.14. The summed E-state index contributed by atoms with van der Waals surface area (Å²) in [4.78, 5) is 12.6. The highest BCUT2D eigenvalue weighted by Crippen LogP contribution is 2.10. The van der Waals surface area contributed by atoms with E-state index in [0.29, 0.717) is 19.0 Å². The number of aromatic nitrogens is 2. The molecule has 0 saturated carbocycles. The minimum Gasteiger partial charge on any atom is -0.481 e. The molecule has 0 radical (unpaired) electrons. The van der Waals surface area contributed by atoms with Gasteiger partial charge >= 0.3 is 5.97 Å². The fraction of sp³-hybridized carbons (Fsp3) is 0.727. The van der Waals surface area contributed by atoms with Gasteiger partial charge in [0.2, 0.25) is 0 Å². The zero-order chi connectivity index (χ0) is 12.8. The molecule has 96 valence electrons. The van der Waals surface area contributed by atoms with Gasteiger partial charge in [0.1, 0.15) is 11.4 Å². The molecule has 1 heterocycles. The lowest BCUT2D eigenvalue weighted by atomic mass is 10.2. The quantitative estimate of drug-likeness (QED) is 0.778. The topological polar surface area (TPSA) is 79.5 Å². The molecule has 6 heteroatoms. The van der Waals surface area contributed by atoms with E-state index < -0.39 is 5.97 Å². The first-order valence-electron chi connectivity index (χ1n) is 5.74. The molecule has 0 aliphatic heterocycles. The molecule has 1 aromatic rings. The standard InChI is InChI=1S/C11H19N3O3/c1-8(2)14(6-4-5-11(15)16)7-10-9(3)12-17-13-10/h8H,4-7H2,1-3H3,(H,15,16). The Bertz CT molecular complexity index is 363. The highest BCUT2D eigenvalue weighted by molar-refractivity contribution is 5.66. The highest BCUT2D eigenvalue weighted by atomic mass is 16.6. The summed E-state index contributed by atoms with van der Waals surface area (Å²) in [6.45, 7) is 7.37. The zero-order valence-electron chi connectivity index (χ0n) is 10.5. The Labute approximate surface area is 101 Å². The van der Waals surface area contributed by atoms with Gasteiger partial charge in [-0.25, -0.2) is 4.63 Å². The summed E-state index contributed by atoms with van der Waals surface area (Å²) in [5, 5.41) is 16.2. The second kappa shape index (κ2) is 6.34. The molecule has 0 unspecified atom stereocenters. The van der Waals surface area contributed by atoms with Crippen LogP contribution in [0.5, 0.6) is 0 Å². The molecule has 0 aromatic carbocycles. The van der Waals surface area contributed by atoms with Crippen molar-refractivity contribution in [1.82, 2.24) is 15.2 Å². The van der Waals surface area contributed by atoms with E-state index in [9.17, 15) is 4.79 Å². The summed E-state index contributed by atoms with van der Waals surface area (Å²) in [7, 11) is 0. The fourth-order valence-corrected chi connectivity index (χ4v) is 1.54. The van der Waals surface area contributed by atoms with Crippen molar-refractivity contribution in [2.45, 2.75) is 46.2 Å². The molecule has 0 atom stereocenters. The smallest absolute Gasteiger partial charge is 0.303 e. The van der Waals surface area contributed by atoms with Crippen molar-refractivity contribution in [2.24, 2.45) is 0 Å². The van der Waals surface area contributed by atoms with E-state index in [1.54, 1.807) is 0 Å². The van der Waals surface area contributed by atoms with Crippen molar-refractivity contribution >= 4 is 5.97 Å². The Balaban J connectivity index is 2.49. The summed E-state index contributed by atoms with van der Waals surface area (Å²) in [6.07, 6.45) is 0.830. The Hall–Kier alpha value is -1.43. The van der Waals surface area contributed by atoms with Gasteiger partial charge in [-0.1, -0.05) is 10.3 Å². The van der Waals surface area contributed by atoms with Gasteiger partial charge in [0, 0.05) is 19.0 Å². The van der Waals surface area contributed by atoms with Crippen molar-refractivity contribution in [1.29, 1.82) is 0 Å². The maximum absolute atomic E-state index is 10.5. The lowest BCUT2D eigenvalue weighted by Gasteiger charge is -2.25. The van der Waals surface area contributed by atoms with Crippen molar-refractivity contribution in [2.75, 3.05) is 6.54 Å². The largest absolute Gasteiger partial charge is 0.481 e. The first-order valence-corrected chi connectivity index (χ1v) is 5.74. The van der Waals surface area contributed by atoms with Crippen LogP contribution in [0.2, 0.25) is 0 Å². The van der Waals surface area contributed by atoms with E-state index in [1.165, 1.54) is 0 Å². The molecule has 1 rings (SSSR count). The number of carboxylic acids is 1. The Morgan fingerprint density at radius 1 is 1.47 bits per heavy atom. The normalized spacial score (nSPS) is 11.4.